The quantitative estimate of drug-likeness (QED) is 0.534. The van der Waals surface area contributed by atoms with Crippen LogP contribution < -0.4 is 15.3 Å². The Morgan fingerprint density at radius 3 is 2.59 bits per heavy atom. The first-order valence-electron chi connectivity index (χ1n) is 8.76. The molecule has 0 unspecified atom stereocenters. The van der Waals surface area contributed by atoms with Gasteiger partial charge < -0.3 is 23.9 Å². The third-order valence-electron chi connectivity index (χ3n) is 4.20. The van der Waals surface area contributed by atoms with Crippen LogP contribution in [0.15, 0.2) is 51.7 Å². The predicted molar refractivity (Wildman–Crippen MR) is 102 cm³/mol. The van der Waals surface area contributed by atoms with Gasteiger partial charge in [0.25, 0.3) is 0 Å². The highest BCUT2D eigenvalue weighted by atomic mass is 16.5. The van der Waals surface area contributed by atoms with Gasteiger partial charge in [0, 0.05) is 12.0 Å². The fraction of sp³-hybridized carbons (Fsp3) is 0.286. The molecule has 0 aliphatic rings. The van der Waals surface area contributed by atoms with Crippen molar-refractivity contribution in [3.05, 3.63) is 52.7 Å². The lowest BCUT2D eigenvalue weighted by Gasteiger charge is -2.23. The molecule has 6 heteroatoms. The number of phenols is 1. The molecule has 1 aromatic heterocycles. The van der Waals surface area contributed by atoms with Crippen molar-refractivity contribution >= 4 is 11.0 Å². The number of hydrogen-bond acceptors (Lipinski definition) is 5. The van der Waals surface area contributed by atoms with E-state index in [-0.39, 0.29) is 16.9 Å². The number of fused-ring (bicyclic) bond motifs is 1. The number of aromatic hydroxyl groups is 1. The average molecular weight is 369 g/mol. The first-order valence-corrected chi connectivity index (χ1v) is 8.76. The fourth-order valence-corrected chi connectivity index (χ4v) is 2.82. The average Bonchev–Trinajstić information content (AvgIpc) is 2.61. The van der Waals surface area contributed by atoms with E-state index in [1.807, 2.05) is 0 Å². The van der Waals surface area contributed by atoms with Crippen LogP contribution in [0.5, 0.6) is 17.2 Å². The second-order valence-corrected chi connectivity index (χ2v) is 7.48. The molecule has 2 aromatic carbocycles. The largest absolute Gasteiger partial charge is 0.870 e. The van der Waals surface area contributed by atoms with Crippen LogP contribution in [0.1, 0.15) is 6.42 Å². The van der Waals surface area contributed by atoms with Crippen molar-refractivity contribution in [2.45, 2.75) is 6.42 Å². The van der Waals surface area contributed by atoms with Crippen molar-refractivity contribution in [2.75, 3.05) is 34.3 Å². The van der Waals surface area contributed by atoms with E-state index in [0.29, 0.717) is 23.1 Å². The minimum Gasteiger partial charge on any atom is -0.870 e. The van der Waals surface area contributed by atoms with Crippen molar-refractivity contribution in [1.29, 1.82) is 0 Å². The predicted octanol–water partition coefficient (Wildman–Crippen LogP) is 2.71. The van der Waals surface area contributed by atoms with Crippen LogP contribution in [0.4, 0.5) is 0 Å². The summed E-state index contributed by atoms with van der Waals surface area (Å²) in [6, 6.07) is 10.9. The van der Waals surface area contributed by atoms with E-state index in [9.17, 15) is 15.0 Å². The third-order valence-corrected chi connectivity index (χ3v) is 4.20. The van der Waals surface area contributed by atoms with Crippen LogP contribution in [0.3, 0.4) is 0 Å². The second kappa shape index (κ2) is 7.32. The van der Waals surface area contributed by atoms with Crippen molar-refractivity contribution in [2.24, 2.45) is 0 Å². The summed E-state index contributed by atoms with van der Waals surface area (Å²) in [6.45, 7) is 1.25. The molecular weight excluding hydrogens is 346 g/mol. The van der Waals surface area contributed by atoms with E-state index in [0.717, 1.165) is 17.4 Å². The molecule has 0 atom stereocenters. The van der Waals surface area contributed by atoms with Gasteiger partial charge in [0.15, 0.2) is 5.76 Å². The van der Waals surface area contributed by atoms with Gasteiger partial charge in [0.05, 0.1) is 39.7 Å². The standard InChI is InChI=1S/C21H23NO5/c1-22(2,3)11-6-12-26-21-19(25)15-7-4-5-8-18(15)27-20(21)14-9-10-16(23)17(24)13-14/h4-5,7-10,13H,6,11-12H2,1-3H3,(H-,23,24,25). The van der Waals surface area contributed by atoms with Crippen LogP contribution in [-0.4, -0.2) is 43.9 Å². The maximum Gasteiger partial charge on any atom is 0.235 e. The molecule has 3 rings (SSSR count). The summed E-state index contributed by atoms with van der Waals surface area (Å²) in [5.74, 6) is -0.598. The summed E-state index contributed by atoms with van der Waals surface area (Å²) in [7, 11) is 6.26. The van der Waals surface area contributed by atoms with Gasteiger partial charge in [-0.15, -0.1) is 0 Å². The topological polar surface area (TPSA) is 82.7 Å². The Kier molecular flexibility index (Phi) is 5.10. The van der Waals surface area contributed by atoms with Crippen molar-refractivity contribution in [1.82, 2.24) is 0 Å². The van der Waals surface area contributed by atoms with E-state index in [1.165, 1.54) is 18.2 Å². The Morgan fingerprint density at radius 1 is 1.15 bits per heavy atom. The van der Waals surface area contributed by atoms with E-state index in [1.54, 1.807) is 24.3 Å². The maximum absolute atomic E-state index is 13.0. The first-order chi connectivity index (χ1) is 12.8. The van der Waals surface area contributed by atoms with Crippen molar-refractivity contribution < 1.29 is 23.9 Å². The molecule has 0 aliphatic heterocycles. The van der Waals surface area contributed by atoms with Crippen LogP contribution in [0.2, 0.25) is 0 Å². The Labute approximate surface area is 157 Å². The molecule has 0 bridgehead atoms. The highest BCUT2D eigenvalue weighted by molar-refractivity contribution is 5.82. The zero-order valence-corrected chi connectivity index (χ0v) is 15.7. The lowest BCUT2D eigenvalue weighted by atomic mass is 10.1. The SMILES string of the molecule is C[N+](C)(C)CCCOc1c(-c2ccc([O-])c(O)c2)oc2ccccc2c1=O. The highest BCUT2D eigenvalue weighted by Crippen LogP contribution is 2.34. The summed E-state index contributed by atoms with van der Waals surface area (Å²) in [4.78, 5) is 13.0. The molecule has 0 saturated carbocycles. The smallest absolute Gasteiger partial charge is 0.235 e. The van der Waals surface area contributed by atoms with Gasteiger partial charge in [0.1, 0.15) is 11.3 Å². The summed E-state index contributed by atoms with van der Waals surface area (Å²) in [5.41, 5.74) is 0.557. The maximum atomic E-state index is 13.0. The summed E-state index contributed by atoms with van der Waals surface area (Å²) in [5, 5.41) is 21.7. The molecule has 1 heterocycles. The molecule has 0 spiro atoms. The summed E-state index contributed by atoms with van der Waals surface area (Å²) in [6.07, 6.45) is 0.764. The van der Waals surface area contributed by atoms with Gasteiger partial charge in [-0.25, -0.2) is 0 Å². The Bertz CT molecular complexity index is 1020. The number of hydrogen-bond donors (Lipinski definition) is 1. The Hall–Kier alpha value is -2.99. The molecule has 0 saturated heterocycles. The summed E-state index contributed by atoms with van der Waals surface area (Å²) < 4.78 is 12.5. The van der Waals surface area contributed by atoms with Crippen LogP contribution in [0, 0.1) is 0 Å². The van der Waals surface area contributed by atoms with Gasteiger partial charge in [-0.1, -0.05) is 30.0 Å². The van der Waals surface area contributed by atoms with Gasteiger partial charge in [0.2, 0.25) is 11.2 Å². The van der Waals surface area contributed by atoms with Crippen molar-refractivity contribution in [3.63, 3.8) is 0 Å². The second-order valence-electron chi connectivity index (χ2n) is 7.48. The van der Waals surface area contributed by atoms with E-state index >= 15 is 0 Å². The normalized spacial score (nSPS) is 11.7. The number of nitrogens with zero attached hydrogens (tertiary/aromatic N) is 1. The fourth-order valence-electron chi connectivity index (χ4n) is 2.82. The molecule has 142 valence electrons. The molecule has 6 nitrogen and oxygen atoms in total. The van der Waals surface area contributed by atoms with E-state index < -0.39 is 11.5 Å². The zero-order valence-electron chi connectivity index (χ0n) is 15.7. The molecule has 0 radical (unpaired) electrons. The number of phenolic OH excluding ortho intramolecular Hbond substituents is 1. The van der Waals surface area contributed by atoms with Crippen LogP contribution in [0.25, 0.3) is 22.3 Å². The lowest BCUT2D eigenvalue weighted by Crippen LogP contribution is -2.36. The molecular formula is C21H23NO5. The minimum atomic E-state index is -0.493. The zero-order chi connectivity index (χ0) is 19.6. The molecule has 0 aliphatic carbocycles. The number of quaternary nitrogens is 1. The molecule has 0 fully saturated rings. The van der Waals surface area contributed by atoms with Gasteiger partial charge in [-0.3, -0.25) is 4.79 Å². The highest BCUT2D eigenvalue weighted by Gasteiger charge is 2.18. The lowest BCUT2D eigenvalue weighted by molar-refractivity contribution is -0.870. The number of ether oxygens (including phenoxy) is 1. The van der Waals surface area contributed by atoms with E-state index in [4.69, 9.17) is 9.15 Å². The molecule has 1 N–H and O–H groups in total. The number of para-hydroxylation sites is 1. The summed E-state index contributed by atoms with van der Waals surface area (Å²) >= 11 is 0. The van der Waals surface area contributed by atoms with Gasteiger partial charge in [-0.05, 0) is 18.2 Å². The molecule has 3 aromatic rings. The van der Waals surface area contributed by atoms with E-state index in [2.05, 4.69) is 21.1 Å². The molecule has 0 amide bonds. The Morgan fingerprint density at radius 2 is 1.89 bits per heavy atom. The first kappa shape index (κ1) is 18.8. The number of rotatable bonds is 6. The third kappa shape index (κ3) is 4.23. The minimum absolute atomic E-state index is 0.0909. The monoisotopic (exact) mass is 369 g/mol. The van der Waals surface area contributed by atoms with Crippen LogP contribution >= 0.6 is 0 Å². The van der Waals surface area contributed by atoms with Crippen LogP contribution in [-0.2, 0) is 0 Å². The van der Waals surface area contributed by atoms with Gasteiger partial charge >= 0.3 is 0 Å². The van der Waals surface area contributed by atoms with Crippen molar-refractivity contribution in [3.8, 4) is 28.6 Å². The Balaban J connectivity index is 2.04. The van der Waals surface area contributed by atoms with Gasteiger partial charge in [-0.2, -0.15) is 0 Å². The molecule has 27 heavy (non-hydrogen) atoms. The number of benzene rings is 2.